The summed E-state index contributed by atoms with van der Waals surface area (Å²) in [7, 11) is 0. The molecule has 0 saturated heterocycles. The van der Waals surface area contributed by atoms with Crippen LogP contribution < -0.4 is 15.4 Å². The number of hydrogen-bond donors (Lipinski definition) is 3. The summed E-state index contributed by atoms with van der Waals surface area (Å²) in [6.45, 7) is 0.0457. The van der Waals surface area contributed by atoms with E-state index in [-0.39, 0.29) is 17.9 Å². The van der Waals surface area contributed by atoms with E-state index >= 15 is 0 Å². The molecule has 0 radical (unpaired) electrons. The zero-order valence-corrected chi connectivity index (χ0v) is 11.5. The van der Waals surface area contributed by atoms with Crippen molar-refractivity contribution in [1.29, 1.82) is 0 Å². The third-order valence-corrected chi connectivity index (χ3v) is 2.40. The second kappa shape index (κ2) is 6.87. The van der Waals surface area contributed by atoms with Gasteiger partial charge in [-0.15, -0.1) is 0 Å². The first-order valence-electron chi connectivity index (χ1n) is 6.04. The van der Waals surface area contributed by atoms with Crippen LogP contribution in [0.15, 0.2) is 24.3 Å². The highest BCUT2D eigenvalue weighted by Crippen LogP contribution is 2.25. The third-order valence-electron chi connectivity index (χ3n) is 2.40. The first-order chi connectivity index (χ1) is 9.69. The maximum absolute atomic E-state index is 12.2. The minimum Gasteiger partial charge on any atom is -0.481 e. The van der Waals surface area contributed by atoms with E-state index < -0.39 is 24.2 Å². The van der Waals surface area contributed by atoms with Crippen LogP contribution >= 0.6 is 0 Å². The topological polar surface area (TPSA) is 87.7 Å². The van der Waals surface area contributed by atoms with E-state index in [1.807, 2.05) is 0 Å². The molecule has 1 rings (SSSR count). The maximum Gasteiger partial charge on any atom is 0.387 e. The molecule has 0 aliphatic carbocycles. The average molecular weight is 302 g/mol. The predicted molar refractivity (Wildman–Crippen MR) is 71.6 cm³/mol. The lowest BCUT2D eigenvalue weighted by Crippen LogP contribution is -2.46. The Morgan fingerprint density at radius 1 is 1.33 bits per heavy atom. The van der Waals surface area contributed by atoms with Crippen LogP contribution in [-0.2, 0) is 4.79 Å². The Balaban J connectivity index is 2.73. The standard InChI is InChI=1S/C13H16F2N2O4/c1-13(2,7-10(18)19)17-12(20)16-8-5-3-4-6-9(8)21-11(14)15/h3-6,11H,7H2,1-2H3,(H,18,19)(H2,16,17,20). The zero-order valence-electron chi connectivity index (χ0n) is 11.5. The van der Waals surface area contributed by atoms with E-state index in [9.17, 15) is 18.4 Å². The summed E-state index contributed by atoms with van der Waals surface area (Å²) < 4.78 is 28.7. The minimum atomic E-state index is -3.01. The monoisotopic (exact) mass is 302 g/mol. The fourth-order valence-electron chi connectivity index (χ4n) is 1.65. The van der Waals surface area contributed by atoms with Crippen molar-refractivity contribution in [3.05, 3.63) is 24.3 Å². The van der Waals surface area contributed by atoms with Crippen molar-refractivity contribution in [2.75, 3.05) is 5.32 Å². The molecular weight excluding hydrogens is 286 g/mol. The second-order valence-corrected chi connectivity index (χ2v) is 4.91. The molecule has 6 nitrogen and oxygen atoms in total. The fourth-order valence-corrected chi connectivity index (χ4v) is 1.65. The molecule has 0 aliphatic rings. The average Bonchev–Trinajstić information content (AvgIpc) is 2.28. The van der Waals surface area contributed by atoms with E-state index in [2.05, 4.69) is 15.4 Å². The molecule has 0 atom stereocenters. The Bertz CT molecular complexity index is 521. The van der Waals surface area contributed by atoms with Crippen molar-refractivity contribution in [3.8, 4) is 5.75 Å². The van der Waals surface area contributed by atoms with E-state index in [1.54, 1.807) is 0 Å². The number of anilines is 1. The van der Waals surface area contributed by atoms with E-state index in [0.717, 1.165) is 0 Å². The Morgan fingerprint density at radius 3 is 2.52 bits per heavy atom. The number of rotatable bonds is 6. The maximum atomic E-state index is 12.2. The van der Waals surface area contributed by atoms with Crippen LogP contribution in [0.25, 0.3) is 0 Å². The number of urea groups is 1. The normalized spacial score (nSPS) is 11.1. The van der Waals surface area contributed by atoms with E-state index in [0.29, 0.717) is 0 Å². The van der Waals surface area contributed by atoms with Gasteiger partial charge in [-0.2, -0.15) is 8.78 Å². The van der Waals surface area contributed by atoms with Gasteiger partial charge in [0.25, 0.3) is 0 Å². The van der Waals surface area contributed by atoms with Gasteiger partial charge >= 0.3 is 18.6 Å². The third kappa shape index (κ3) is 6.07. The summed E-state index contributed by atoms with van der Waals surface area (Å²) in [6, 6.07) is 4.98. The van der Waals surface area contributed by atoms with Crippen LogP contribution in [0.5, 0.6) is 5.75 Å². The Morgan fingerprint density at radius 2 is 1.95 bits per heavy atom. The molecule has 1 aromatic rings. The number of carbonyl (C=O) groups excluding carboxylic acids is 1. The first-order valence-corrected chi connectivity index (χ1v) is 6.04. The number of carboxylic acid groups (broad SMARTS) is 1. The fraction of sp³-hybridized carbons (Fsp3) is 0.385. The molecular formula is C13H16F2N2O4. The molecule has 21 heavy (non-hydrogen) atoms. The van der Waals surface area contributed by atoms with Crippen molar-refractivity contribution >= 4 is 17.7 Å². The Kier molecular flexibility index (Phi) is 5.45. The number of para-hydroxylation sites is 2. The number of carbonyl (C=O) groups is 2. The number of benzene rings is 1. The zero-order chi connectivity index (χ0) is 16.0. The van der Waals surface area contributed by atoms with Crippen molar-refractivity contribution in [2.24, 2.45) is 0 Å². The molecule has 0 spiro atoms. The van der Waals surface area contributed by atoms with Gasteiger partial charge in [-0.25, -0.2) is 4.79 Å². The van der Waals surface area contributed by atoms with Crippen LogP contribution in [0.4, 0.5) is 19.3 Å². The second-order valence-electron chi connectivity index (χ2n) is 4.91. The lowest BCUT2D eigenvalue weighted by atomic mass is 10.0. The van der Waals surface area contributed by atoms with Crippen molar-refractivity contribution in [3.63, 3.8) is 0 Å². The SMILES string of the molecule is CC(C)(CC(=O)O)NC(=O)Nc1ccccc1OC(F)F. The number of halogens is 2. The highest BCUT2D eigenvalue weighted by atomic mass is 19.3. The number of amides is 2. The van der Waals surface area contributed by atoms with Crippen LogP contribution in [0.1, 0.15) is 20.3 Å². The lowest BCUT2D eigenvalue weighted by Gasteiger charge is -2.24. The van der Waals surface area contributed by atoms with Gasteiger partial charge in [-0.05, 0) is 26.0 Å². The molecule has 0 fully saturated rings. The molecule has 3 N–H and O–H groups in total. The van der Waals surface area contributed by atoms with Gasteiger partial charge in [0.15, 0.2) is 0 Å². The molecule has 1 aromatic carbocycles. The molecule has 116 valence electrons. The minimum absolute atomic E-state index is 0.0569. The summed E-state index contributed by atoms with van der Waals surface area (Å²) in [5.74, 6) is -1.25. The molecule has 8 heteroatoms. The first kappa shape index (κ1) is 16.7. The quantitative estimate of drug-likeness (QED) is 0.754. The number of hydrogen-bond acceptors (Lipinski definition) is 3. The molecule has 0 aliphatic heterocycles. The van der Waals surface area contributed by atoms with E-state index in [1.165, 1.54) is 38.1 Å². The number of nitrogens with one attached hydrogen (secondary N) is 2. The lowest BCUT2D eigenvalue weighted by molar-refractivity contribution is -0.138. The van der Waals surface area contributed by atoms with Crippen LogP contribution in [0.2, 0.25) is 0 Å². The highest BCUT2D eigenvalue weighted by molar-refractivity contribution is 5.91. The molecule has 0 heterocycles. The Labute approximate surface area is 120 Å². The largest absolute Gasteiger partial charge is 0.481 e. The molecule has 2 amide bonds. The summed E-state index contributed by atoms with van der Waals surface area (Å²) in [5, 5.41) is 13.5. The van der Waals surface area contributed by atoms with Crippen LogP contribution in [0, 0.1) is 0 Å². The number of alkyl halides is 2. The van der Waals surface area contributed by atoms with Gasteiger partial charge in [0.1, 0.15) is 5.75 Å². The molecule has 0 unspecified atom stereocenters. The van der Waals surface area contributed by atoms with Crippen LogP contribution in [-0.4, -0.2) is 29.3 Å². The summed E-state index contributed by atoms with van der Waals surface area (Å²) in [4.78, 5) is 22.4. The van der Waals surface area contributed by atoms with Gasteiger partial charge in [0, 0.05) is 5.54 Å². The van der Waals surface area contributed by atoms with Gasteiger partial charge < -0.3 is 20.5 Å². The highest BCUT2D eigenvalue weighted by Gasteiger charge is 2.24. The molecule has 0 aromatic heterocycles. The molecule has 0 bridgehead atoms. The Hall–Kier alpha value is -2.38. The van der Waals surface area contributed by atoms with Gasteiger partial charge in [0.05, 0.1) is 12.1 Å². The van der Waals surface area contributed by atoms with Crippen LogP contribution in [0.3, 0.4) is 0 Å². The van der Waals surface area contributed by atoms with E-state index in [4.69, 9.17) is 5.11 Å². The summed E-state index contributed by atoms with van der Waals surface area (Å²) in [5.41, 5.74) is -0.935. The van der Waals surface area contributed by atoms with Crippen molar-refractivity contribution in [2.45, 2.75) is 32.4 Å². The smallest absolute Gasteiger partial charge is 0.387 e. The number of ether oxygens (including phenoxy) is 1. The van der Waals surface area contributed by atoms with Gasteiger partial charge in [-0.3, -0.25) is 4.79 Å². The number of aliphatic carboxylic acids is 1. The summed E-state index contributed by atoms with van der Waals surface area (Å²) >= 11 is 0. The molecule has 0 saturated carbocycles. The number of carboxylic acids is 1. The van der Waals surface area contributed by atoms with Gasteiger partial charge in [0.2, 0.25) is 0 Å². The van der Waals surface area contributed by atoms with Gasteiger partial charge in [-0.1, -0.05) is 12.1 Å². The van der Waals surface area contributed by atoms with Crippen molar-refractivity contribution < 1.29 is 28.2 Å². The summed E-state index contributed by atoms with van der Waals surface area (Å²) in [6.07, 6.45) is -0.282. The van der Waals surface area contributed by atoms with Crippen molar-refractivity contribution in [1.82, 2.24) is 5.32 Å². The predicted octanol–water partition coefficient (Wildman–Crippen LogP) is 2.66.